The topological polar surface area (TPSA) is 33.1 Å². The summed E-state index contributed by atoms with van der Waals surface area (Å²) < 4.78 is 2.25. The largest absolute Gasteiger partial charge is 0.334 e. The summed E-state index contributed by atoms with van der Waals surface area (Å²) in [5.41, 5.74) is 1.35. The van der Waals surface area contributed by atoms with Gasteiger partial charge in [-0.05, 0) is 32.9 Å². The quantitative estimate of drug-likeness (QED) is 0.836. The molecule has 4 nitrogen and oxygen atoms in total. The standard InChI is InChI=1S/C14H26N4/c1-3-15-9-13-7-5-6-8-18(13)11-14-10-16-12-17(14)4-2/h10,12-13,15H,3-9,11H2,1-2H3. The molecule has 1 fully saturated rings. The summed E-state index contributed by atoms with van der Waals surface area (Å²) in [5.74, 6) is 0. The average Bonchev–Trinajstić information content (AvgIpc) is 2.85. The van der Waals surface area contributed by atoms with Crippen LogP contribution in [-0.4, -0.2) is 40.1 Å². The second-order valence-corrected chi connectivity index (χ2v) is 5.10. The van der Waals surface area contributed by atoms with Gasteiger partial charge >= 0.3 is 0 Å². The Morgan fingerprint density at radius 2 is 2.28 bits per heavy atom. The Morgan fingerprint density at radius 1 is 1.39 bits per heavy atom. The lowest BCUT2D eigenvalue weighted by molar-refractivity contribution is 0.135. The summed E-state index contributed by atoms with van der Waals surface area (Å²) in [7, 11) is 0. The Labute approximate surface area is 110 Å². The third-order valence-electron chi connectivity index (χ3n) is 3.88. The van der Waals surface area contributed by atoms with Crippen molar-refractivity contribution in [3.05, 3.63) is 18.2 Å². The predicted molar refractivity (Wildman–Crippen MR) is 74.5 cm³/mol. The van der Waals surface area contributed by atoms with Crippen LogP contribution >= 0.6 is 0 Å². The first-order chi connectivity index (χ1) is 8.85. The van der Waals surface area contributed by atoms with Gasteiger partial charge in [-0.15, -0.1) is 0 Å². The van der Waals surface area contributed by atoms with E-state index in [0.29, 0.717) is 6.04 Å². The molecule has 0 radical (unpaired) electrons. The minimum absolute atomic E-state index is 0.693. The molecule has 18 heavy (non-hydrogen) atoms. The summed E-state index contributed by atoms with van der Waals surface area (Å²) in [4.78, 5) is 6.89. The number of piperidine rings is 1. The van der Waals surface area contributed by atoms with Gasteiger partial charge in [0, 0.05) is 31.9 Å². The zero-order valence-electron chi connectivity index (χ0n) is 11.7. The molecule has 0 aromatic carbocycles. The highest BCUT2D eigenvalue weighted by atomic mass is 15.2. The molecule has 102 valence electrons. The van der Waals surface area contributed by atoms with Crippen molar-refractivity contribution in [2.75, 3.05) is 19.6 Å². The molecule has 0 bridgehead atoms. The van der Waals surface area contributed by atoms with Crippen molar-refractivity contribution in [1.82, 2.24) is 19.8 Å². The van der Waals surface area contributed by atoms with Crippen molar-refractivity contribution in [1.29, 1.82) is 0 Å². The van der Waals surface area contributed by atoms with Gasteiger partial charge in [-0.25, -0.2) is 4.98 Å². The Morgan fingerprint density at radius 3 is 3.06 bits per heavy atom. The molecule has 1 aliphatic rings. The molecule has 0 saturated carbocycles. The normalized spacial score (nSPS) is 21.3. The van der Waals surface area contributed by atoms with Crippen molar-refractivity contribution >= 4 is 0 Å². The van der Waals surface area contributed by atoms with Crippen molar-refractivity contribution in [2.24, 2.45) is 0 Å². The van der Waals surface area contributed by atoms with E-state index in [1.54, 1.807) is 0 Å². The van der Waals surface area contributed by atoms with Gasteiger partial charge < -0.3 is 9.88 Å². The summed E-state index contributed by atoms with van der Waals surface area (Å²) in [5, 5.41) is 3.49. The number of likely N-dealkylation sites (N-methyl/N-ethyl adjacent to an activating group) is 1. The average molecular weight is 250 g/mol. The molecular formula is C14H26N4. The fourth-order valence-corrected chi connectivity index (χ4v) is 2.78. The van der Waals surface area contributed by atoms with Crippen LogP contribution in [0.1, 0.15) is 38.8 Å². The maximum Gasteiger partial charge on any atom is 0.0948 e. The van der Waals surface area contributed by atoms with Crippen molar-refractivity contribution in [3.8, 4) is 0 Å². The van der Waals surface area contributed by atoms with Gasteiger partial charge in [0.15, 0.2) is 0 Å². The number of nitrogens with zero attached hydrogens (tertiary/aromatic N) is 3. The van der Waals surface area contributed by atoms with Gasteiger partial charge in [0.05, 0.1) is 12.0 Å². The van der Waals surface area contributed by atoms with E-state index in [1.807, 2.05) is 12.5 Å². The van der Waals surface area contributed by atoms with Crippen LogP contribution in [0.2, 0.25) is 0 Å². The van der Waals surface area contributed by atoms with Gasteiger partial charge in [0.25, 0.3) is 0 Å². The SMILES string of the molecule is CCNCC1CCCCN1Cc1cncn1CC. The number of hydrogen-bond acceptors (Lipinski definition) is 3. The van der Waals surface area contributed by atoms with Crippen molar-refractivity contribution in [3.63, 3.8) is 0 Å². The van der Waals surface area contributed by atoms with E-state index in [0.717, 1.165) is 26.2 Å². The van der Waals surface area contributed by atoms with Gasteiger partial charge in [-0.2, -0.15) is 0 Å². The van der Waals surface area contributed by atoms with Crippen LogP contribution in [-0.2, 0) is 13.1 Å². The summed E-state index contributed by atoms with van der Waals surface area (Å²) in [6, 6.07) is 0.693. The fourth-order valence-electron chi connectivity index (χ4n) is 2.78. The molecule has 2 heterocycles. The van der Waals surface area contributed by atoms with Gasteiger partial charge in [-0.1, -0.05) is 13.3 Å². The van der Waals surface area contributed by atoms with Crippen molar-refractivity contribution in [2.45, 2.75) is 52.2 Å². The Bertz CT molecular complexity index is 347. The predicted octanol–water partition coefficient (Wildman–Crippen LogP) is 1.87. The zero-order chi connectivity index (χ0) is 12.8. The third kappa shape index (κ3) is 3.33. The van der Waals surface area contributed by atoms with Crippen LogP contribution < -0.4 is 5.32 Å². The summed E-state index contributed by atoms with van der Waals surface area (Å²) in [6.07, 6.45) is 8.00. The minimum atomic E-state index is 0.693. The van der Waals surface area contributed by atoms with Crippen LogP contribution in [0.25, 0.3) is 0 Å². The van der Waals surface area contributed by atoms with Crippen LogP contribution in [0, 0.1) is 0 Å². The third-order valence-corrected chi connectivity index (χ3v) is 3.88. The molecule has 1 N–H and O–H groups in total. The molecule has 1 atom stereocenters. The maximum atomic E-state index is 4.27. The molecule has 1 aromatic rings. The summed E-state index contributed by atoms with van der Waals surface area (Å²) in [6.45, 7) is 9.83. The van der Waals surface area contributed by atoms with Crippen LogP contribution in [0.15, 0.2) is 12.5 Å². The molecule has 0 aliphatic carbocycles. The first-order valence-corrected chi connectivity index (χ1v) is 7.29. The molecule has 0 spiro atoms. The van der Waals surface area contributed by atoms with E-state index in [1.165, 1.54) is 31.5 Å². The number of imidazole rings is 1. The molecule has 1 unspecified atom stereocenters. The lowest BCUT2D eigenvalue weighted by atomic mass is 10.0. The second kappa shape index (κ2) is 6.90. The lowest BCUT2D eigenvalue weighted by Gasteiger charge is -2.35. The van der Waals surface area contributed by atoms with Crippen LogP contribution in [0.5, 0.6) is 0 Å². The smallest absolute Gasteiger partial charge is 0.0948 e. The van der Waals surface area contributed by atoms with E-state index in [9.17, 15) is 0 Å². The van der Waals surface area contributed by atoms with E-state index in [4.69, 9.17) is 0 Å². The lowest BCUT2D eigenvalue weighted by Crippen LogP contribution is -2.45. The Kier molecular flexibility index (Phi) is 5.20. The Hall–Kier alpha value is -0.870. The number of aryl methyl sites for hydroxylation is 1. The fraction of sp³-hybridized carbons (Fsp3) is 0.786. The molecule has 0 amide bonds. The first-order valence-electron chi connectivity index (χ1n) is 7.29. The zero-order valence-corrected chi connectivity index (χ0v) is 11.7. The van der Waals surface area contributed by atoms with Crippen LogP contribution in [0.4, 0.5) is 0 Å². The molecular weight excluding hydrogens is 224 g/mol. The van der Waals surface area contributed by atoms with Crippen molar-refractivity contribution < 1.29 is 0 Å². The van der Waals surface area contributed by atoms with Gasteiger partial charge in [-0.3, -0.25) is 4.90 Å². The highest BCUT2D eigenvalue weighted by Gasteiger charge is 2.22. The van der Waals surface area contributed by atoms with Gasteiger partial charge in [0.2, 0.25) is 0 Å². The molecule has 1 saturated heterocycles. The monoisotopic (exact) mass is 250 g/mol. The summed E-state index contributed by atoms with van der Waals surface area (Å²) >= 11 is 0. The van der Waals surface area contributed by atoms with Gasteiger partial charge in [0.1, 0.15) is 0 Å². The first kappa shape index (κ1) is 13.6. The number of likely N-dealkylation sites (tertiary alicyclic amines) is 1. The van der Waals surface area contributed by atoms with E-state index >= 15 is 0 Å². The second-order valence-electron chi connectivity index (χ2n) is 5.10. The molecule has 1 aliphatic heterocycles. The maximum absolute atomic E-state index is 4.27. The molecule has 1 aromatic heterocycles. The number of hydrogen-bond donors (Lipinski definition) is 1. The minimum Gasteiger partial charge on any atom is -0.334 e. The molecule has 4 heteroatoms. The van der Waals surface area contributed by atoms with E-state index in [2.05, 4.69) is 33.6 Å². The van der Waals surface area contributed by atoms with Crippen LogP contribution in [0.3, 0.4) is 0 Å². The molecule has 2 rings (SSSR count). The van der Waals surface area contributed by atoms with E-state index < -0.39 is 0 Å². The highest BCUT2D eigenvalue weighted by molar-refractivity contribution is 4.99. The Balaban J connectivity index is 1.96. The van der Waals surface area contributed by atoms with E-state index in [-0.39, 0.29) is 0 Å². The number of nitrogens with one attached hydrogen (secondary N) is 1. The number of rotatable bonds is 6. The highest BCUT2D eigenvalue weighted by Crippen LogP contribution is 2.19. The number of aromatic nitrogens is 2.